The molecular formula is C15H12ClFOS. The van der Waals surface area contributed by atoms with Crippen molar-refractivity contribution in [1.82, 2.24) is 0 Å². The van der Waals surface area contributed by atoms with Crippen LogP contribution in [-0.4, -0.2) is 12.4 Å². The van der Waals surface area contributed by atoms with Crippen LogP contribution < -0.4 is 4.74 Å². The number of ether oxygens (including phenoxy) is 1. The summed E-state index contributed by atoms with van der Waals surface area (Å²) in [5.74, 6) is 0.993. The van der Waals surface area contributed by atoms with Gasteiger partial charge in [-0.1, -0.05) is 35.9 Å². The molecule has 0 spiro atoms. The molecule has 0 amide bonds. The lowest BCUT2D eigenvalue weighted by atomic mass is 10.0. The summed E-state index contributed by atoms with van der Waals surface area (Å²) < 4.78 is 19.2. The van der Waals surface area contributed by atoms with Gasteiger partial charge in [0.1, 0.15) is 0 Å². The Balaban J connectivity index is 1.75. The Labute approximate surface area is 120 Å². The first-order valence-corrected chi connectivity index (χ1v) is 7.40. The minimum absolute atomic E-state index is 0.151. The number of halogens is 2. The third-order valence-corrected chi connectivity index (χ3v) is 4.70. The van der Waals surface area contributed by atoms with Gasteiger partial charge in [0.15, 0.2) is 11.6 Å². The van der Waals surface area contributed by atoms with Gasteiger partial charge in [0, 0.05) is 16.6 Å². The molecule has 1 aliphatic rings. The predicted octanol–water partition coefficient (Wildman–Crippen LogP) is 4.75. The zero-order chi connectivity index (χ0) is 13.2. The molecule has 4 heteroatoms. The van der Waals surface area contributed by atoms with E-state index >= 15 is 0 Å². The van der Waals surface area contributed by atoms with E-state index in [9.17, 15) is 4.39 Å². The van der Waals surface area contributed by atoms with Gasteiger partial charge in [-0.2, -0.15) is 0 Å². The number of rotatable bonds is 3. The molecule has 1 aliphatic heterocycles. The van der Waals surface area contributed by atoms with Gasteiger partial charge < -0.3 is 4.74 Å². The van der Waals surface area contributed by atoms with Crippen LogP contribution in [-0.2, 0) is 0 Å². The molecule has 2 aromatic rings. The van der Waals surface area contributed by atoms with Crippen LogP contribution in [0.15, 0.2) is 47.4 Å². The molecule has 0 radical (unpaired) electrons. The largest absolute Gasteiger partial charge is 0.488 e. The van der Waals surface area contributed by atoms with Crippen LogP contribution in [0.5, 0.6) is 5.75 Å². The highest BCUT2D eigenvalue weighted by molar-refractivity contribution is 7.99. The minimum Gasteiger partial charge on any atom is -0.488 e. The number of thioether (sulfide) groups is 1. The number of para-hydroxylation sites is 1. The zero-order valence-corrected chi connectivity index (χ0v) is 11.7. The second-order valence-corrected chi connectivity index (χ2v) is 5.88. The predicted molar refractivity (Wildman–Crippen MR) is 76.8 cm³/mol. The molecule has 0 aliphatic carbocycles. The molecule has 0 saturated carbocycles. The van der Waals surface area contributed by atoms with E-state index < -0.39 is 5.82 Å². The van der Waals surface area contributed by atoms with Crippen molar-refractivity contribution >= 4 is 23.4 Å². The molecule has 19 heavy (non-hydrogen) atoms. The molecule has 98 valence electrons. The van der Waals surface area contributed by atoms with Gasteiger partial charge in [0.25, 0.3) is 0 Å². The Morgan fingerprint density at radius 3 is 2.89 bits per heavy atom. The smallest absolute Gasteiger partial charge is 0.173 e. The lowest BCUT2D eigenvalue weighted by Gasteiger charge is -2.14. The third kappa shape index (κ3) is 2.58. The first-order valence-electron chi connectivity index (χ1n) is 6.04. The van der Waals surface area contributed by atoms with Crippen LogP contribution in [0.25, 0.3) is 0 Å². The third-order valence-electron chi connectivity index (χ3n) is 3.15. The van der Waals surface area contributed by atoms with E-state index in [1.165, 1.54) is 16.5 Å². The highest BCUT2D eigenvalue weighted by Crippen LogP contribution is 2.40. The summed E-state index contributed by atoms with van der Waals surface area (Å²) in [4.78, 5) is 1.29. The van der Waals surface area contributed by atoms with Crippen molar-refractivity contribution in [2.75, 3.05) is 12.4 Å². The Kier molecular flexibility index (Phi) is 3.67. The summed E-state index contributed by atoms with van der Waals surface area (Å²) in [7, 11) is 0. The highest BCUT2D eigenvalue weighted by Gasteiger charge is 2.23. The Hall–Kier alpha value is -1.19. The molecule has 0 bridgehead atoms. The highest BCUT2D eigenvalue weighted by atomic mass is 35.5. The van der Waals surface area contributed by atoms with Crippen LogP contribution >= 0.6 is 23.4 Å². The molecule has 0 fully saturated rings. The topological polar surface area (TPSA) is 9.23 Å². The van der Waals surface area contributed by atoms with Crippen molar-refractivity contribution in [1.29, 1.82) is 0 Å². The second kappa shape index (κ2) is 5.43. The van der Waals surface area contributed by atoms with Gasteiger partial charge in [0.2, 0.25) is 0 Å². The van der Waals surface area contributed by atoms with Crippen molar-refractivity contribution in [2.45, 2.75) is 10.8 Å². The van der Waals surface area contributed by atoms with Crippen LogP contribution in [0.2, 0.25) is 5.02 Å². The van der Waals surface area contributed by atoms with E-state index in [4.69, 9.17) is 16.3 Å². The van der Waals surface area contributed by atoms with Gasteiger partial charge in [-0.3, -0.25) is 0 Å². The molecular weight excluding hydrogens is 283 g/mol. The van der Waals surface area contributed by atoms with Gasteiger partial charge >= 0.3 is 0 Å². The van der Waals surface area contributed by atoms with E-state index in [2.05, 4.69) is 12.1 Å². The second-order valence-electron chi connectivity index (χ2n) is 4.41. The number of fused-ring (bicyclic) bond motifs is 1. The molecule has 1 heterocycles. The fourth-order valence-corrected chi connectivity index (χ4v) is 3.62. The van der Waals surface area contributed by atoms with E-state index in [1.807, 2.05) is 23.9 Å². The van der Waals surface area contributed by atoms with Crippen molar-refractivity contribution in [3.63, 3.8) is 0 Å². The monoisotopic (exact) mass is 294 g/mol. The Morgan fingerprint density at radius 2 is 2.05 bits per heavy atom. The first kappa shape index (κ1) is 12.8. The maximum Gasteiger partial charge on any atom is 0.173 e. The van der Waals surface area contributed by atoms with Gasteiger partial charge in [-0.15, -0.1) is 11.8 Å². The van der Waals surface area contributed by atoms with Crippen LogP contribution in [0.3, 0.4) is 0 Å². The van der Waals surface area contributed by atoms with E-state index in [0.29, 0.717) is 11.6 Å². The maximum atomic E-state index is 13.6. The first-order chi connectivity index (χ1) is 9.25. The summed E-state index contributed by atoms with van der Waals surface area (Å²) >= 11 is 7.76. The lowest BCUT2D eigenvalue weighted by molar-refractivity contribution is 0.284. The SMILES string of the molecule is Fc1cccc(Cl)c1OCC1CSc2ccccc21. The molecule has 1 nitrogen and oxygen atoms in total. The van der Waals surface area contributed by atoms with Gasteiger partial charge in [0.05, 0.1) is 11.6 Å². The zero-order valence-electron chi connectivity index (χ0n) is 10.1. The standard InChI is InChI=1S/C15H12ClFOS/c16-12-5-3-6-13(17)15(12)18-8-10-9-19-14-7-2-1-4-11(10)14/h1-7,10H,8-9H2. The fraction of sp³-hybridized carbons (Fsp3) is 0.200. The molecule has 1 atom stereocenters. The van der Waals surface area contributed by atoms with Crippen molar-refractivity contribution in [2.24, 2.45) is 0 Å². The average Bonchev–Trinajstić information content (AvgIpc) is 2.82. The average molecular weight is 295 g/mol. The number of benzene rings is 2. The summed E-state index contributed by atoms with van der Waals surface area (Å²) in [5, 5.41) is 0.318. The van der Waals surface area contributed by atoms with Crippen molar-refractivity contribution in [3.8, 4) is 5.75 Å². The normalized spacial score (nSPS) is 17.3. The molecule has 0 N–H and O–H groups in total. The Bertz CT molecular complexity index is 582. The maximum absolute atomic E-state index is 13.6. The van der Waals surface area contributed by atoms with Gasteiger partial charge in [-0.25, -0.2) is 4.39 Å². The van der Waals surface area contributed by atoms with Crippen molar-refractivity contribution in [3.05, 3.63) is 58.9 Å². The fourth-order valence-electron chi connectivity index (χ4n) is 2.17. The minimum atomic E-state index is -0.411. The molecule has 2 aromatic carbocycles. The summed E-state index contributed by atoms with van der Waals surface area (Å²) in [6.45, 7) is 0.449. The Morgan fingerprint density at radius 1 is 1.21 bits per heavy atom. The van der Waals surface area contributed by atoms with Crippen LogP contribution in [0.4, 0.5) is 4.39 Å². The quantitative estimate of drug-likeness (QED) is 0.808. The van der Waals surface area contributed by atoms with E-state index in [1.54, 1.807) is 12.1 Å². The summed E-state index contributed by atoms with van der Waals surface area (Å²) in [6.07, 6.45) is 0. The molecule has 3 rings (SSSR count). The number of hydrogen-bond donors (Lipinski definition) is 0. The molecule has 0 aromatic heterocycles. The van der Waals surface area contributed by atoms with Crippen molar-refractivity contribution < 1.29 is 9.13 Å². The van der Waals surface area contributed by atoms with E-state index in [-0.39, 0.29) is 11.7 Å². The van der Waals surface area contributed by atoms with Gasteiger partial charge in [-0.05, 0) is 23.8 Å². The molecule has 1 unspecified atom stereocenters. The van der Waals surface area contributed by atoms with E-state index in [0.717, 1.165) is 5.75 Å². The van der Waals surface area contributed by atoms with Crippen LogP contribution in [0, 0.1) is 5.82 Å². The van der Waals surface area contributed by atoms with Crippen LogP contribution in [0.1, 0.15) is 11.5 Å². The summed E-state index contributed by atoms with van der Waals surface area (Å²) in [5.41, 5.74) is 1.28. The molecule has 0 saturated heterocycles. The summed E-state index contributed by atoms with van der Waals surface area (Å²) in [6, 6.07) is 12.8. The number of hydrogen-bond acceptors (Lipinski definition) is 2. The lowest BCUT2D eigenvalue weighted by Crippen LogP contribution is -2.10.